The van der Waals surface area contributed by atoms with Crippen molar-refractivity contribution >= 4 is 11.6 Å². The number of halogens is 1. The molecule has 1 aromatic rings. The van der Waals surface area contributed by atoms with E-state index in [0.717, 1.165) is 29.8 Å². The molecule has 0 saturated carbocycles. The van der Waals surface area contributed by atoms with Gasteiger partial charge in [0.25, 0.3) is 0 Å². The molecule has 0 bridgehead atoms. The summed E-state index contributed by atoms with van der Waals surface area (Å²) in [6.45, 7) is 0. The summed E-state index contributed by atoms with van der Waals surface area (Å²) >= 11 is 5.88. The number of hydrogen-bond acceptors (Lipinski definition) is 1. The fourth-order valence-electron chi connectivity index (χ4n) is 1.91. The van der Waals surface area contributed by atoms with E-state index in [2.05, 4.69) is 0 Å². The first-order valence-corrected chi connectivity index (χ1v) is 5.11. The zero-order valence-corrected chi connectivity index (χ0v) is 8.22. The number of benzene rings is 1. The molecule has 2 heteroatoms. The average Bonchev–Trinajstić information content (AvgIpc) is 2.29. The molecule has 0 spiro atoms. The van der Waals surface area contributed by atoms with Gasteiger partial charge in [-0.25, -0.2) is 0 Å². The van der Waals surface area contributed by atoms with E-state index in [1.54, 1.807) is 0 Å². The zero-order chi connectivity index (χ0) is 9.26. The molecule has 0 heterocycles. The number of aryl methyl sites for hydroxylation is 1. The van der Waals surface area contributed by atoms with Gasteiger partial charge < -0.3 is 5.11 Å². The SMILES string of the molecule is O[C@H]1CCCCc2ccc(Cl)cc21. The van der Waals surface area contributed by atoms with Gasteiger partial charge in [0.1, 0.15) is 0 Å². The standard InChI is InChI=1S/C11H13ClO/c12-9-6-5-8-3-1-2-4-11(13)10(8)7-9/h5-7,11,13H,1-4H2/t11-/m0/s1. The Kier molecular flexibility index (Phi) is 2.56. The minimum absolute atomic E-state index is 0.309. The van der Waals surface area contributed by atoms with Crippen molar-refractivity contribution in [3.63, 3.8) is 0 Å². The number of fused-ring (bicyclic) bond motifs is 1. The molecule has 1 aliphatic rings. The second-order valence-corrected chi connectivity index (χ2v) is 4.04. The first-order valence-electron chi connectivity index (χ1n) is 4.74. The van der Waals surface area contributed by atoms with E-state index in [1.807, 2.05) is 18.2 Å². The fourth-order valence-corrected chi connectivity index (χ4v) is 2.09. The molecule has 0 saturated heterocycles. The van der Waals surface area contributed by atoms with E-state index >= 15 is 0 Å². The first kappa shape index (κ1) is 9.04. The Morgan fingerprint density at radius 1 is 1.31 bits per heavy atom. The van der Waals surface area contributed by atoms with Gasteiger partial charge in [0.15, 0.2) is 0 Å². The van der Waals surface area contributed by atoms with Gasteiger partial charge in [0.2, 0.25) is 0 Å². The number of rotatable bonds is 0. The van der Waals surface area contributed by atoms with Crippen LogP contribution < -0.4 is 0 Å². The van der Waals surface area contributed by atoms with Gasteiger partial charge in [0.05, 0.1) is 6.10 Å². The molecular weight excluding hydrogens is 184 g/mol. The Morgan fingerprint density at radius 3 is 3.00 bits per heavy atom. The number of hydrogen-bond donors (Lipinski definition) is 1. The van der Waals surface area contributed by atoms with Crippen molar-refractivity contribution in [2.75, 3.05) is 0 Å². The first-order chi connectivity index (χ1) is 6.27. The molecule has 1 aliphatic carbocycles. The van der Waals surface area contributed by atoms with Gasteiger partial charge in [-0.1, -0.05) is 24.1 Å². The minimum atomic E-state index is -0.309. The summed E-state index contributed by atoms with van der Waals surface area (Å²) < 4.78 is 0. The van der Waals surface area contributed by atoms with E-state index in [4.69, 9.17) is 11.6 Å². The maximum atomic E-state index is 9.81. The molecule has 0 fully saturated rings. The van der Waals surface area contributed by atoms with Crippen LogP contribution in [0.2, 0.25) is 5.02 Å². The molecule has 0 aliphatic heterocycles. The third-order valence-electron chi connectivity index (χ3n) is 2.64. The van der Waals surface area contributed by atoms with Gasteiger partial charge in [-0.3, -0.25) is 0 Å². The van der Waals surface area contributed by atoms with Crippen molar-refractivity contribution in [1.29, 1.82) is 0 Å². The quantitative estimate of drug-likeness (QED) is 0.633. The highest BCUT2D eigenvalue weighted by molar-refractivity contribution is 6.30. The van der Waals surface area contributed by atoms with Crippen LogP contribution in [0.3, 0.4) is 0 Å². The highest BCUT2D eigenvalue weighted by Gasteiger charge is 2.15. The monoisotopic (exact) mass is 196 g/mol. The van der Waals surface area contributed by atoms with Gasteiger partial charge >= 0.3 is 0 Å². The Balaban J connectivity index is 2.43. The molecule has 0 aromatic heterocycles. The Morgan fingerprint density at radius 2 is 2.15 bits per heavy atom. The Labute approximate surface area is 83.3 Å². The minimum Gasteiger partial charge on any atom is -0.388 e. The van der Waals surface area contributed by atoms with E-state index in [0.29, 0.717) is 0 Å². The Hall–Kier alpha value is -0.530. The average molecular weight is 197 g/mol. The van der Waals surface area contributed by atoms with Gasteiger partial charge in [-0.15, -0.1) is 0 Å². The lowest BCUT2D eigenvalue weighted by Gasteiger charge is -2.11. The third-order valence-corrected chi connectivity index (χ3v) is 2.88. The van der Waals surface area contributed by atoms with Crippen LogP contribution in [-0.2, 0) is 6.42 Å². The number of aliphatic hydroxyl groups excluding tert-OH is 1. The van der Waals surface area contributed by atoms with Crippen LogP contribution in [0, 0.1) is 0 Å². The van der Waals surface area contributed by atoms with Crippen molar-refractivity contribution < 1.29 is 5.11 Å². The normalized spacial score (nSPS) is 22.2. The third kappa shape index (κ3) is 1.87. The predicted molar refractivity (Wildman–Crippen MR) is 54.0 cm³/mol. The molecule has 13 heavy (non-hydrogen) atoms. The summed E-state index contributed by atoms with van der Waals surface area (Å²) in [5, 5.41) is 10.5. The smallest absolute Gasteiger partial charge is 0.0793 e. The predicted octanol–water partition coefficient (Wildman–Crippen LogP) is 3.10. The van der Waals surface area contributed by atoms with Crippen molar-refractivity contribution in [3.05, 3.63) is 34.3 Å². The molecule has 1 atom stereocenters. The molecule has 2 rings (SSSR count). The van der Waals surface area contributed by atoms with Gasteiger partial charge in [0, 0.05) is 5.02 Å². The molecular formula is C11H13ClO. The highest BCUT2D eigenvalue weighted by atomic mass is 35.5. The molecule has 1 aromatic carbocycles. The van der Waals surface area contributed by atoms with E-state index in [-0.39, 0.29) is 6.10 Å². The molecule has 1 N–H and O–H groups in total. The summed E-state index contributed by atoms with van der Waals surface area (Å²) in [6.07, 6.45) is 3.91. The van der Waals surface area contributed by atoms with Crippen molar-refractivity contribution in [2.24, 2.45) is 0 Å². The summed E-state index contributed by atoms with van der Waals surface area (Å²) in [7, 11) is 0. The topological polar surface area (TPSA) is 20.2 Å². The van der Waals surface area contributed by atoms with Crippen LogP contribution >= 0.6 is 11.6 Å². The maximum Gasteiger partial charge on any atom is 0.0793 e. The molecule has 0 amide bonds. The molecule has 1 nitrogen and oxygen atoms in total. The summed E-state index contributed by atoms with van der Waals surface area (Å²) in [4.78, 5) is 0. The largest absolute Gasteiger partial charge is 0.388 e. The second-order valence-electron chi connectivity index (χ2n) is 3.60. The Bertz CT molecular complexity index is 309. The van der Waals surface area contributed by atoms with Gasteiger partial charge in [-0.2, -0.15) is 0 Å². The fraction of sp³-hybridized carbons (Fsp3) is 0.455. The maximum absolute atomic E-state index is 9.81. The van der Waals surface area contributed by atoms with Crippen LogP contribution in [0.15, 0.2) is 18.2 Å². The second kappa shape index (κ2) is 3.69. The van der Waals surface area contributed by atoms with E-state index in [1.165, 1.54) is 12.0 Å². The van der Waals surface area contributed by atoms with Crippen LogP contribution in [0.5, 0.6) is 0 Å². The number of aliphatic hydroxyl groups is 1. The lowest BCUT2D eigenvalue weighted by Crippen LogP contribution is -1.98. The van der Waals surface area contributed by atoms with E-state index in [9.17, 15) is 5.11 Å². The molecule has 70 valence electrons. The van der Waals surface area contributed by atoms with Crippen molar-refractivity contribution in [3.8, 4) is 0 Å². The summed E-state index contributed by atoms with van der Waals surface area (Å²) in [5.41, 5.74) is 2.29. The molecule has 0 unspecified atom stereocenters. The van der Waals surface area contributed by atoms with Crippen LogP contribution in [0.4, 0.5) is 0 Å². The zero-order valence-electron chi connectivity index (χ0n) is 7.46. The van der Waals surface area contributed by atoms with Crippen LogP contribution in [0.25, 0.3) is 0 Å². The molecule has 0 radical (unpaired) electrons. The van der Waals surface area contributed by atoms with Gasteiger partial charge in [-0.05, 0) is 42.5 Å². The summed E-state index contributed by atoms with van der Waals surface area (Å²) in [5.74, 6) is 0. The van der Waals surface area contributed by atoms with E-state index < -0.39 is 0 Å². The van der Waals surface area contributed by atoms with Crippen LogP contribution in [0.1, 0.15) is 36.5 Å². The highest BCUT2D eigenvalue weighted by Crippen LogP contribution is 2.30. The van der Waals surface area contributed by atoms with Crippen molar-refractivity contribution in [1.82, 2.24) is 0 Å². The lowest BCUT2D eigenvalue weighted by molar-refractivity contribution is 0.166. The lowest BCUT2D eigenvalue weighted by atomic mass is 10.0. The summed E-state index contributed by atoms with van der Waals surface area (Å²) in [6, 6.07) is 5.83. The van der Waals surface area contributed by atoms with Crippen LogP contribution in [-0.4, -0.2) is 5.11 Å². The van der Waals surface area contributed by atoms with Crippen molar-refractivity contribution in [2.45, 2.75) is 31.8 Å².